The maximum absolute atomic E-state index is 4.58. The minimum atomic E-state index is 0.404. The van der Waals surface area contributed by atoms with Crippen LogP contribution in [0.5, 0.6) is 0 Å². The second kappa shape index (κ2) is 4.76. The summed E-state index contributed by atoms with van der Waals surface area (Å²) in [6.07, 6.45) is 14.4. The molecule has 0 bridgehead atoms. The van der Waals surface area contributed by atoms with Crippen LogP contribution in [0.3, 0.4) is 0 Å². The van der Waals surface area contributed by atoms with Gasteiger partial charge in [-0.15, -0.1) is 0 Å². The molecule has 0 N–H and O–H groups in total. The van der Waals surface area contributed by atoms with Crippen LogP contribution in [-0.4, -0.2) is 19.5 Å². The summed E-state index contributed by atoms with van der Waals surface area (Å²) in [6.45, 7) is 4.70. The fourth-order valence-electron chi connectivity index (χ4n) is 3.08. The van der Waals surface area contributed by atoms with E-state index >= 15 is 0 Å². The summed E-state index contributed by atoms with van der Waals surface area (Å²) < 4.78 is 1.96. The van der Waals surface area contributed by atoms with Crippen molar-refractivity contribution >= 4 is 0 Å². The second-order valence-corrected chi connectivity index (χ2v) is 5.85. The van der Waals surface area contributed by atoms with E-state index in [4.69, 9.17) is 0 Å². The van der Waals surface area contributed by atoms with Gasteiger partial charge < -0.3 is 0 Å². The highest BCUT2D eigenvalue weighted by Gasteiger charge is 2.36. The molecule has 0 aromatic carbocycles. The van der Waals surface area contributed by atoms with E-state index < -0.39 is 0 Å². The summed E-state index contributed by atoms with van der Waals surface area (Å²) in [4.78, 5) is 13.0. The van der Waals surface area contributed by atoms with Crippen molar-refractivity contribution in [3.05, 3.63) is 36.8 Å². The van der Waals surface area contributed by atoms with Crippen molar-refractivity contribution in [3.63, 3.8) is 0 Å². The van der Waals surface area contributed by atoms with Crippen LogP contribution in [0.25, 0.3) is 5.82 Å². The number of nitrogens with zero attached hydrogens (tertiary/aromatic N) is 4. The van der Waals surface area contributed by atoms with Crippen molar-refractivity contribution < 1.29 is 0 Å². The van der Waals surface area contributed by atoms with Gasteiger partial charge in [0.15, 0.2) is 5.82 Å². The smallest absolute Gasteiger partial charge is 0.156 e. The first-order valence-electron chi connectivity index (χ1n) is 6.99. The molecule has 2 aromatic rings. The largest absolute Gasteiger partial charge is 0.289 e. The molecule has 100 valence electrons. The average molecular weight is 256 g/mol. The van der Waals surface area contributed by atoms with Crippen molar-refractivity contribution in [2.24, 2.45) is 5.41 Å². The maximum Gasteiger partial charge on any atom is 0.156 e. The summed E-state index contributed by atoms with van der Waals surface area (Å²) in [5.74, 6) is 1.32. The molecule has 1 unspecified atom stereocenters. The molecule has 1 aliphatic rings. The van der Waals surface area contributed by atoms with Crippen LogP contribution in [0, 0.1) is 5.41 Å². The van der Waals surface area contributed by atoms with Crippen LogP contribution in [0.15, 0.2) is 31.1 Å². The molecule has 1 aliphatic carbocycles. The van der Waals surface area contributed by atoms with Crippen molar-refractivity contribution in [1.82, 2.24) is 19.5 Å². The monoisotopic (exact) mass is 256 g/mol. The van der Waals surface area contributed by atoms with Crippen molar-refractivity contribution in [1.29, 1.82) is 0 Å². The first-order valence-corrected chi connectivity index (χ1v) is 6.99. The van der Waals surface area contributed by atoms with Gasteiger partial charge in [0.25, 0.3) is 0 Å². The predicted octanol–water partition coefficient (Wildman–Crippen LogP) is 3.35. The molecule has 2 aromatic heterocycles. The van der Waals surface area contributed by atoms with E-state index in [1.807, 2.05) is 10.9 Å². The molecule has 1 saturated carbocycles. The number of rotatable bonds is 3. The second-order valence-electron chi connectivity index (χ2n) is 5.85. The minimum Gasteiger partial charge on any atom is -0.289 e. The topological polar surface area (TPSA) is 43.6 Å². The van der Waals surface area contributed by atoms with Gasteiger partial charge in [-0.1, -0.05) is 26.7 Å². The molecule has 2 heterocycles. The Morgan fingerprint density at radius 1 is 1.21 bits per heavy atom. The number of hydrogen-bond donors (Lipinski definition) is 0. The van der Waals surface area contributed by atoms with Crippen molar-refractivity contribution in [3.8, 4) is 5.82 Å². The summed E-state index contributed by atoms with van der Waals surface area (Å²) in [5.41, 5.74) is 1.57. The number of imidazole rings is 1. The van der Waals surface area contributed by atoms with Crippen LogP contribution >= 0.6 is 0 Å². The van der Waals surface area contributed by atoms with Crippen LogP contribution < -0.4 is 0 Å². The predicted molar refractivity (Wildman–Crippen MR) is 74.1 cm³/mol. The fourth-order valence-corrected chi connectivity index (χ4v) is 3.08. The van der Waals surface area contributed by atoms with Crippen molar-refractivity contribution in [2.45, 2.75) is 45.4 Å². The normalized spacial score (nSPS) is 19.5. The quantitative estimate of drug-likeness (QED) is 0.846. The van der Waals surface area contributed by atoms with Crippen LogP contribution in [-0.2, 0) is 0 Å². The summed E-state index contributed by atoms with van der Waals surface area (Å²) >= 11 is 0. The first-order chi connectivity index (χ1) is 9.19. The summed E-state index contributed by atoms with van der Waals surface area (Å²) in [7, 11) is 0. The molecule has 0 spiro atoms. The van der Waals surface area contributed by atoms with Gasteiger partial charge in [0.2, 0.25) is 0 Å². The Morgan fingerprint density at radius 3 is 2.68 bits per heavy atom. The van der Waals surface area contributed by atoms with E-state index in [0.717, 1.165) is 11.5 Å². The van der Waals surface area contributed by atoms with Gasteiger partial charge in [0.1, 0.15) is 6.33 Å². The lowest BCUT2D eigenvalue weighted by Gasteiger charge is -2.30. The van der Waals surface area contributed by atoms with E-state index in [1.165, 1.54) is 25.7 Å². The molecule has 0 saturated heterocycles. The Balaban J connectivity index is 1.85. The minimum absolute atomic E-state index is 0.404. The third kappa shape index (κ3) is 2.27. The summed E-state index contributed by atoms with van der Waals surface area (Å²) in [5, 5.41) is 0. The highest BCUT2D eigenvalue weighted by atomic mass is 15.1. The number of hydrogen-bond acceptors (Lipinski definition) is 3. The summed E-state index contributed by atoms with van der Waals surface area (Å²) in [6, 6.07) is 0. The fraction of sp³-hybridized carbons (Fsp3) is 0.533. The van der Waals surface area contributed by atoms with Gasteiger partial charge in [-0.25, -0.2) is 9.97 Å². The van der Waals surface area contributed by atoms with E-state index in [9.17, 15) is 0 Å². The molecule has 0 amide bonds. The van der Waals surface area contributed by atoms with Gasteiger partial charge in [-0.05, 0) is 18.3 Å². The molecular weight excluding hydrogens is 236 g/mol. The molecule has 19 heavy (non-hydrogen) atoms. The molecule has 4 heteroatoms. The molecule has 4 nitrogen and oxygen atoms in total. The highest BCUT2D eigenvalue weighted by Crippen LogP contribution is 2.47. The lowest BCUT2D eigenvalue weighted by molar-refractivity contribution is 0.272. The van der Waals surface area contributed by atoms with Gasteiger partial charge in [0, 0.05) is 24.5 Å². The average Bonchev–Trinajstić information content (AvgIpc) is 3.09. The molecular formula is C15H20N4. The van der Waals surface area contributed by atoms with E-state index in [0.29, 0.717) is 11.3 Å². The Kier molecular flexibility index (Phi) is 3.09. The van der Waals surface area contributed by atoms with Gasteiger partial charge in [-0.2, -0.15) is 0 Å². The third-order valence-corrected chi connectivity index (χ3v) is 4.65. The standard InChI is InChI=1S/C15H20N4/c1-12(15(2)5-3-4-6-15)13-10-19(11-18-13)14-9-16-7-8-17-14/h7-12H,3-6H2,1-2H3. The molecule has 3 rings (SSSR count). The Morgan fingerprint density at radius 2 is 2.00 bits per heavy atom. The molecule has 0 radical (unpaired) electrons. The van der Waals surface area contributed by atoms with E-state index in [-0.39, 0.29) is 0 Å². The Labute approximate surface area is 113 Å². The lowest BCUT2D eigenvalue weighted by atomic mass is 9.75. The zero-order valence-electron chi connectivity index (χ0n) is 11.6. The zero-order chi connectivity index (χ0) is 13.3. The van der Waals surface area contributed by atoms with Gasteiger partial charge in [0.05, 0.1) is 11.9 Å². The van der Waals surface area contributed by atoms with Gasteiger partial charge >= 0.3 is 0 Å². The molecule has 1 atom stereocenters. The van der Waals surface area contributed by atoms with Crippen LogP contribution in [0.2, 0.25) is 0 Å². The van der Waals surface area contributed by atoms with Crippen molar-refractivity contribution in [2.75, 3.05) is 0 Å². The Hall–Kier alpha value is -1.71. The zero-order valence-corrected chi connectivity index (χ0v) is 11.6. The third-order valence-electron chi connectivity index (χ3n) is 4.65. The lowest BCUT2D eigenvalue weighted by Crippen LogP contribution is -2.20. The molecule has 1 fully saturated rings. The van der Waals surface area contributed by atoms with E-state index in [2.05, 4.69) is 35.0 Å². The Bertz CT molecular complexity index is 540. The van der Waals surface area contributed by atoms with E-state index in [1.54, 1.807) is 18.6 Å². The molecule has 0 aliphatic heterocycles. The first kappa shape index (κ1) is 12.3. The highest BCUT2D eigenvalue weighted by molar-refractivity contribution is 5.21. The number of aromatic nitrogens is 4. The SMILES string of the molecule is CC(c1cn(-c2cnccn2)cn1)C1(C)CCCC1. The maximum atomic E-state index is 4.58. The van der Waals surface area contributed by atoms with Gasteiger partial charge in [-0.3, -0.25) is 9.55 Å². The van der Waals surface area contributed by atoms with Crippen LogP contribution in [0.1, 0.15) is 51.1 Å². The van der Waals surface area contributed by atoms with Crippen LogP contribution in [0.4, 0.5) is 0 Å².